The van der Waals surface area contributed by atoms with Gasteiger partial charge in [-0.05, 0) is 23.4 Å². The SMILES string of the molecule is CCSc1ccc(-c2cc(NC[C@H](N)c3ccccc3)ncn2)cc1.Cl. The lowest BCUT2D eigenvalue weighted by molar-refractivity contribution is 0.761. The largest absolute Gasteiger partial charge is 0.368 e. The van der Waals surface area contributed by atoms with Crippen LogP contribution in [0, 0.1) is 0 Å². The van der Waals surface area contributed by atoms with Crippen LogP contribution in [0.25, 0.3) is 11.3 Å². The van der Waals surface area contributed by atoms with E-state index in [2.05, 4.69) is 46.5 Å². The van der Waals surface area contributed by atoms with Gasteiger partial charge in [0, 0.05) is 29.1 Å². The average Bonchev–Trinajstić information content (AvgIpc) is 2.68. The van der Waals surface area contributed by atoms with E-state index < -0.39 is 0 Å². The Balaban J connectivity index is 0.00000243. The normalized spacial score (nSPS) is 11.5. The molecule has 0 aliphatic carbocycles. The molecular weight excluding hydrogens is 364 g/mol. The summed E-state index contributed by atoms with van der Waals surface area (Å²) in [6, 6.07) is 20.4. The van der Waals surface area contributed by atoms with Gasteiger partial charge in [0.15, 0.2) is 0 Å². The zero-order chi connectivity index (χ0) is 17.5. The number of halogens is 1. The molecule has 3 N–H and O–H groups in total. The molecule has 4 nitrogen and oxygen atoms in total. The maximum Gasteiger partial charge on any atom is 0.130 e. The van der Waals surface area contributed by atoms with Crippen LogP contribution in [0.15, 0.2) is 71.9 Å². The van der Waals surface area contributed by atoms with Crippen LogP contribution in [0.1, 0.15) is 18.5 Å². The topological polar surface area (TPSA) is 63.8 Å². The van der Waals surface area contributed by atoms with Crippen molar-refractivity contribution in [1.82, 2.24) is 9.97 Å². The van der Waals surface area contributed by atoms with Crippen LogP contribution in [0.4, 0.5) is 5.82 Å². The Bertz CT molecular complexity index is 796. The minimum atomic E-state index is -0.0787. The summed E-state index contributed by atoms with van der Waals surface area (Å²) in [5.74, 6) is 1.85. The molecular formula is C20H23ClN4S. The number of rotatable bonds is 7. The summed E-state index contributed by atoms with van der Waals surface area (Å²) in [5.41, 5.74) is 9.32. The fourth-order valence-electron chi connectivity index (χ4n) is 2.53. The van der Waals surface area contributed by atoms with E-state index in [1.54, 1.807) is 6.33 Å². The Labute approximate surface area is 165 Å². The molecule has 0 aliphatic rings. The predicted octanol–water partition coefficient (Wildman–Crippen LogP) is 4.79. The zero-order valence-corrected chi connectivity index (χ0v) is 16.3. The van der Waals surface area contributed by atoms with Gasteiger partial charge in [0.25, 0.3) is 0 Å². The van der Waals surface area contributed by atoms with Crippen molar-refractivity contribution >= 4 is 30.0 Å². The molecule has 3 aromatic rings. The van der Waals surface area contributed by atoms with E-state index in [9.17, 15) is 0 Å². The van der Waals surface area contributed by atoms with Crippen LogP contribution in [0.3, 0.4) is 0 Å². The third kappa shape index (κ3) is 5.46. The molecule has 0 aliphatic heterocycles. The van der Waals surface area contributed by atoms with Gasteiger partial charge in [0.2, 0.25) is 0 Å². The summed E-state index contributed by atoms with van der Waals surface area (Å²) < 4.78 is 0. The van der Waals surface area contributed by atoms with Crippen LogP contribution in [0.2, 0.25) is 0 Å². The Kier molecular flexibility index (Phi) is 7.91. The molecule has 0 unspecified atom stereocenters. The molecule has 0 radical (unpaired) electrons. The van der Waals surface area contributed by atoms with Crippen molar-refractivity contribution < 1.29 is 0 Å². The van der Waals surface area contributed by atoms with Crippen molar-refractivity contribution in [2.45, 2.75) is 17.9 Å². The van der Waals surface area contributed by atoms with Gasteiger partial charge < -0.3 is 11.1 Å². The second kappa shape index (κ2) is 10.2. The molecule has 1 heterocycles. The second-order valence-electron chi connectivity index (χ2n) is 5.64. The maximum absolute atomic E-state index is 6.23. The molecule has 0 spiro atoms. The van der Waals surface area contributed by atoms with Crippen LogP contribution >= 0.6 is 24.2 Å². The molecule has 0 saturated heterocycles. The van der Waals surface area contributed by atoms with Crippen molar-refractivity contribution in [2.24, 2.45) is 5.73 Å². The first-order valence-electron chi connectivity index (χ1n) is 8.36. The van der Waals surface area contributed by atoms with E-state index in [-0.39, 0.29) is 18.4 Å². The van der Waals surface area contributed by atoms with Gasteiger partial charge in [-0.1, -0.05) is 49.4 Å². The number of hydrogen-bond donors (Lipinski definition) is 2. The minimum Gasteiger partial charge on any atom is -0.368 e. The first-order valence-corrected chi connectivity index (χ1v) is 9.34. The molecule has 26 heavy (non-hydrogen) atoms. The van der Waals surface area contributed by atoms with Crippen LogP contribution in [-0.2, 0) is 0 Å². The molecule has 1 aromatic heterocycles. The van der Waals surface area contributed by atoms with Gasteiger partial charge in [0.1, 0.15) is 12.1 Å². The highest BCUT2D eigenvalue weighted by Gasteiger charge is 2.07. The summed E-state index contributed by atoms with van der Waals surface area (Å²) in [6.07, 6.45) is 1.58. The Morgan fingerprint density at radius 3 is 2.46 bits per heavy atom. The van der Waals surface area contributed by atoms with Crippen molar-refractivity contribution in [1.29, 1.82) is 0 Å². The number of thioether (sulfide) groups is 1. The van der Waals surface area contributed by atoms with E-state index in [1.165, 1.54) is 4.90 Å². The smallest absolute Gasteiger partial charge is 0.130 e. The molecule has 0 amide bonds. The number of benzene rings is 2. The minimum absolute atomic E-state index is 0. The van der Waals surface area contributed by atoms with Gasteiger partial charge in [0.05, 0.1) is 5.69 Å². The number of nitrogens with zero attached hydrogens (tertiary/aromatic N) is 2. The molecule has 3 rings (SSSR count). The molecule has 2 aromatic carbocycles. The van der Waals surface area contributed by atoms with Crippen molar-refractivity contribution in [3.05, 3.63) is 72.6 Å². The number of hydrogen-bond acceptors (Lipinski definition) is 5. The predicted molar refractivity (Wildman–Crippen MR) is 113 cm³/mol. The van der Waals surface area contributed by atoms with E-state index in [1.807, 2.05) is 48.2 Å². The number of nitrogens with one attached hydrogen (secondary N) is 1. The summed E-state index contributed by atoms with van der Waals surface area (Å²) in [4.78, 5) is 9.95. The van der Waals surface area contributed by atoms with Gasteiger partial charge in [-0.15, -0.1) is 24.2 Å². The average molecular weight is 387 g/mol. The Hall–Kier alpha value is -2.08. The lowest BCUT2D eigenvalue weighted by Gasteiger charge is -2.14. The number of anilines is 1. The van der Waals surface area contributed by atoms with Crippen LogP contribution in [-0.4, -0.2) is 22.3 Å². The third-order valence-corrected chi connectivity index (χ3v) is 4.75. The first-order chi connectivity index (χ1) is 12.3. The quantitative estimate of drug-likeness (QED) is 0.571. The molecule has 6 heteroatoms. The number of aromatic nitrogens is 2. The van der Waals surface area contributed by atoms with E-state index in [0.717, 1.165) is 28.4 Å². The monoisotopic (exact) mass is 386 g/mol. The standard InChI is InChI=1S/C20H22N4S.ClH/c1-2-25-17-10-8-16(9-11-17)19-12-20(24-14-23-19)22-13-18(21)15-6-4-3-5-7-15;/h3-12,14,18H,2,13,21H2,1H3,(H,22,23,24);1H/t18-;/m0./s1. The van der Waals surface area contributed by atoms with E-state index in [4.69, 9.17) is 5.73 Å². The van der Waals surface area contributed by atoms with E-state index >= 15 is 0 Å². The summed E-state index contributed by atoms with van der Waals surface area (Å²) in [7, 11) is 0. The summed E-state index contributed by atoms with van der Waals surface area (Å²) >= 11 is 1.83. The van der Waals surface area contributed by atoms with Gasteiger partial charge in [-0.3, -0.25) is 0 Å². The van der Waals surface area contributed by atoms with E-state index in [0.29, 0.717) is 6.54 Å². The Morgan fingerprint density at radius 1 is 1.04 bits per heavy atom. The van der Waals surface area contributed by atoms with Gasteiger partial charge in [-0.25, -0.2) is 9.97 Å². The molecule has 0 fully saturated rings. The molecule has 136 valence electrons. The summed E-state index contributed by atoms with van der Waals surface area (Å²) in [5, 5.41) is 3.30. The maximum atomic E-state index is 6.23. The van der Waals surface area contributed by atoms with Gasteiger partial charge in [-0.2, -0.15) is 0 Å². The number of nitrogens with two attached hydrogens (primary N) is 1. The fourth-order valence-corrected chi connectivity index (χ4v) is 3.19. The first kappa shape index (κ1) is 20.2. The molecule has 1 atom stereocenters. The van der Waals surface area contributed by atoms with Crippen molar-refractivity contribution in [2.75, 3.05) is 17.6 Å². The fraction of sp³-hybridized carbons (Fsp3) is 0.200. The van der Waals surface area contributed by atoms with Crippen LogP contribution < -0.4 is 11.1 Å². The zero-order valence-electron chi connectivity index (χ0n) is 14.6. The van der Waals surface area contributed by atoms with Crippen molar-refractivity contribution in [3.63, 3.8) is 0 Å². The lowest BCUT2D eigenvalue weighted by atomic mass is 10.1. The second-order valence-corrected chi connectivity index (χ2v) is 6.98. The molecule has 0 saturated carbocycles. The Morgan fingerprint density at radius 2 is 1.77 bits per heavy atom. The summed E-state index contributed by atoms with van der Waals surface area (Å²) in [6.45, 7) is 2.77. The lowest BCUT2D eigenvalue weighted by Crippen LogP contribution is -2.20. The molecule has 0 bridgehead atoms. The highest BCUT2D eigenvalue weighted by molar-refractivity contribution is 7.99. The van der Waals surface area contributed by atoms with Crippen molar-refractivity contribution in [3.8, 4) is 11.3 Å². The third-order valence-electron chi connectivity index (χ3n) is 3.86. The highest BCUT2D eigenvalue weighted by Crippen LogP contribution is 2.24. The highest BCUT2D eigenvalue weighted by atomic mass is 35.5. The van der Waals surface area contributed by atoms with Crippen LogP contribution in [0.5, 0.6) is 0 Å². The van der Waals surface area contributed by atoms with Gasteiger partial charge >= 0.3 is 0 Å².